The SMILES string of the molecule is O=C(CCCCCNC(=O)CN(CC(=O)NCCCCCC(=O)NCCO[C@H]1O[C@H](CO[C@H]2O[C@H](CO)[C@@H](O)[C@H](O)[C@H]2O)[C@@H](O)[C@H](O[C@H]2O[C@H](CO)[C@@H](O)[C@H](O)[C@@H]2O)[C@@H]1O)CC(=O)NCCCCCC(=O)ON1C(=O)CCC1=O)NCCO[C@H]1O[C@H](CO[C@H]2O[C@H](CO)[C@@H](O)[C@H](O)[C@H]2O)[C@@H](O)[C@H](O[C@@H]2O[C@H](CO)[C@@H](O)[C@H](O)[C@@H]2O)[C@@H]1O. The van der Waals surface area contributed by atoms with Crippen molar-refractivity contribution >= 4 is 47.3 Å². The third-order valence-electron chi connectivity index (χ3n) is 20.0. The maximum atomic E-state index is 13.3. The largest absolute Gasteiger partial charge is 0.394 e. The molecule has 7 amide bonds. The van der Waals surface area contributed by atoms with Crippen LogP contribution in [-0.2, 0) is 100 Å². The fraction of sp³-hybridized carbons (Fsp3) is 0.882. The number of carbonyl (C=O) groups excluding carboxylic acids is 8. The number of unbranched alkanes of at least 4 members (excludes halogenated alkanes) is 6. The second-order valence-corrected chi connectivity index (χ2v) is 28.8. The number of hydroxylamine groups is 2. The molecule has 0 radical (unpaired) electrons. The Morgan fingerprint density at radius 2 is 0.621 bits per heavy atom. The highest BCUT2D eigenvalue weighted by Crippen LogP contribution is 2.34. The average molecular weight is 1690 g/mol. The molecule has 0 unspecified atom stereocenters. The van der Waals surface area contributed by atoms with E-state index in [1.165, 1.54) is 4.90 Å². The van der Waals surface area contributed by atoms with E-state index in [1.807, 2.05) is 0 Å². The molecule has 7 heterocycles. The Balaban J connectivity index is 0.822. The summed E-state index contributed by atoms with van der Waals surface area (Å²) < 4.78 is 67.0. The quantitative estimate of drug-likeness (QED) is 0.0199. The van der Waals surface area contributed by atoms with Gasteiger partial charge in [0.1, 0.15) is 146 Å². The molecule has 7 saturated heterocycles. The lowest BCUT2D eigenvalue weighted by atomic mass is 9.96. The van der Waals surface area contributed by atoms with Gasteiger partial charge in [0.05, 0.1) is 72.5 Å². The Morgan fingerprint density at radius 1 is 0.328 bits per heavy atom. The number of nitrogens with one attached hydrogen (secondary N) is 5. The monoisotopic (exact) mass is 1690 g/mol. The van der Waals surface area contributed by atoms with Gasteiger partial charge in [-0.25, -0.2) is 4.79 Å². The molecule has 0 saturated carbocycles. The summed E-state index contributed by atoms with van der Waals surface area (Å²) in [4.78, 5) is 108. The van der Waals surface area contributed by atoms with Gasteiger partial charge in [-0.05, 0) is 38.5 Å². The molecule has 7 fully saturated rings. The topological polar surface area (TPSA) is 728 Å². The van der Waals surface area contributed by atoms with Crippen LogP contribution >= 0.6 is 0 Å². The number of ether oxygens (including phenoxy) is 12. The summed E-state index contributed by atoms with van der Waals surface area (Å²) in [6.07, 6.45) is -49.6. The summed E-state index contributed by atoms with van der Waals surface area (Å²) >= 11 is 0. The van der Waals surface area contributed by atoms with E-state index in [4.69, 9.17) is 61.7 Å². The van der Waals surface area contributed by atoms with E-state index >= 15 is 0 Å². The molecule has 48 nitrogen and oxygen atoms in total. The van der Waals surface area contributed by atoms with Gasteiger partial charge in [-0.1, -0.05) is 19.3 Å². The average Bonchev–Trinajstić information content (AvgIpc) is 1.11. The fourth-order valence-electron chi connectivity index (χ4n) is 13.2. The van der Waals surface area contributed by atoms with E-state index in [-0.39, 0.29) is 78.0 Å². The predicted molar refractivity (Wildman–Crippen MR) is 374 cm³/mol. The Hall–Kier alpha value is -5.36. The smallest absolute Gasteiger partial charge is 0.333 e. The van der Waals surface area contributed by atoms with Gasteiger partial charge in [-0.15, -0.1) is 5.06 Å². The van der Waals surface area contributed by atoms with Gasteiger partial charge >= 0.3 is 5.97 Å². The molecule has 0 spiro atoms. The zero-order chi connectivity index (χ0) is 85.0. The van der Waals surface area contributed by atoms with Crippen LogP contribution in [0.1, 0.15) is 89.9 Å². The summed E-state index contributed by atoms with van der Waals surface area (Å²) in [6, 6.07) is 0. The van der Waals surface area contributed by atoms with Gasteiger partial charge in [0.2, 0.25) is 29.5 Å². The minimum absolute atomic E-state index is 0.00104. The maximum Gasteiger partial charge on any atom is 0.333 e. The number of hydrogen-bond acceptors (Lipinski definition) is 42. The molecule has 7 aliphatic rings. The number of aliphatic hydroxyl groups is 20. The lowest BCUT2D eigenvalue weighted by molar-refractivity contribution is -0.366. The summed E-state index contributed by atoms with van der Waals surface area (Å²) in [5.41, 5.74) is 0. The molecule has 7 rings (SSSR count). The Kier molecular flexibility index (Phi) is 41.2. The van der Waals surface area contributed by atoms with E-state index in [1.54, 1.807) is 0 Å². The van der Waals surface area contributed by atoms with Crippen LogP contribution in [0.2, 0.25) is 0 Å². The second-order valence-electron chi connectivity index (χ2n) is 28.8. The lowest BCUT2D eigenvalue weighted by Gasteiger charge is -2.46. The first-order valence-corrected chi connectivity index (χ1v) is 38.5. The first-order chi connectivity index (χ1) is 55.3. The van der Waals surface area contributed by atoms with E-state index in [9.17, 15) is 140 Å². The molecule has 0 bridgehead atoms. The van der Waals surface area contributed by atoms with Crippen molar-refractivity contribution in [1.29, 1.82) is 0 Å². The molecule has 25 N–H and O–H groups in total. The number of hydrogen-bond donors (Lipinski definition) is 25. The maximum absolute atomic E-state index is 13.3. The first kappa shape index (κ1) is 97.8. The molecule has 0 aromatic heterocycles. The molecule has 0 aromatic carbocycles. The molecular formula is C68H115N7O41. The number of amides is 7. The minimum Gasteiger partial charge on any atom is -0.394 e. The Bertz CT molecular complexity index is 2840. The molecule has 116 heavy (non-hydrogen) atoms. The molecule has 48 heteroatoms. The Labute approximate surface area is 663 Å². The van der Waals surface area contributed by atoms with Crippen LogP contribution < -0.4 is 26.6 Å². The van der Waals surface area contributed by atoms with E-state index in [0.29, 0.717) is 62.9 Å². The van der Waals surface area contributed by atoms with Gasteiger partial charge in [0.25, 0.3) is 11.8 Å². The van der Waals surface area contributed by atoms with Crippen molar-refractivity contribution in [1.82, 2.24) is 36.5 Å². The summed E-state index contributed by atoms with van der Waals surface area (Å²) in [5.74, 6) is -4.57. The standard InChI is InChI=1S/C68H115N7O41/c76-25-31-45(88)51(94)55(98)63(108-31)106-29-35-49(92)61(114-67-57(100)53(96)47(90)33(27-78)110-67)59(102)65(112-35)104-20-18-72-37(80)10-4-1-7-15-69-39(82)22-74(24-41(84)71-17-9-3-6-12-44(87)116-75-42(85)13-14-43(75)86)23-40(83)70-16-8-2-5-11-38(81)73-19-21-105-66-60(103)62(115-68-58(101)54(97)48(91)34(28-79)111-68)50(93)36(113-66)30-107-64-56(99)52(95)46(89)32(26-77)109-64/h31-36,45-68,76-79,88-103H,1-30H2,(H,69,82)(H,70,83)(H,71,84)(H,72,80)(H,73,81)/t31-,32-,33-,34-,35-,36-,45-,46-,47-,48-,49-,50-,51+,52+,53+,54+,55-,56-,57+,58+,59+,60+,61+,62+,63+,64+,65+,66+,67-,68+/m1/s1. The molecule has 0 aliphatic carbocycles. The van der Waals surface area contributed by atoms with Gasteiger partial charge in [0.15, 0.2) is 37.7 Å². The zero-order valence-corrected chi connectivity index (χ0v) is 63.4. The third kappa shape index (κ3) is 28.4. The van der Waals surface area contributed by atoms with Crippen molar-refractivity contribution in [3.63, 3.8) is 0 Å². The summed E-state index contributed by atoms with van der Waals surface area (Å²) in [7, 11) is 0. The predicted octanol–water partition coefficient (Wildman–Crippen LogP) is -14.9. The number of nitrogens with zero attached hydrogens (tertiary/aromatic N) is 2. The fourth-order valence-corrected chi connectivity index (χ4v) is 13.2. The Morgan fingerprint density at radius 3 is 0.957 bits per heavy atom. The summed E-state index contributed by atoms with van der Waals surface area (Å²) in [5, 5.41) is 222. The molecule has 668 valence electrons. The van der Waals surface area contributed by atoms with Crippen molar-refractivity contribution in [2.75, 3.05) is 105 Å². The van der Waals surface area contributed by atoms with Gasteiger partial charge in [-0.2, -0.15) is 0 Å². The van der Waals surface area contributed by atoms with Crippen molar-refractivity contribution in [3.05, 3.63) is 0 Å². The highest BCUT2D eigenvalue weighted by molar-refractivity contribution is 6.01. The molecular weight excluding hydrogens is 1570 g/mol. The van der Waals surface area contributed by atoms with Crippen LogP contribution in [0.3, 0.4) is 0 Å². The first-order valence-electron chi connectivity index (χ1n) is 38.5. The highest BCUT2D eigenvalue weighted by Gasteiger charge is 2.55. The molecule has 7 aliphatic heterocycles. The van der Waals surface area contributed by atoms with Crippen LogP contribution in [0.25, 0.3) is 0 Å². The van der Waals surface area contributed by atoms with E-state index in [0.717, 1.165) is 0 Å². The minimum atomic E-state index is -1.98. The zero-order valence-electron chi connectivity index (χ0n) is 63.4. The van der Waals surface area contributed by atoms with E-state index in [2.05, 4.69) is 26.6 Å². The van der Waals surface area contributed by atoms with Gasteiger partial charge < -0.3 is 190 Å². The van der Waals surface area contributed by atoms with Crippen molar-refractivity contribution < 1.29 is 202 Å². The van der Waals surface area contributed by atoms with Crippen molar-refractivity contribution in [2.45, 2.75) is 274 Å². The number of aliphatic hydroxyl groups excluding tert-OH is 20. The van der Waals surface area contributed by atoms with Crippen LogP contribution in [0, 0.1) is 0 Å². The molecule has 30 atom stereocenters. The van der Waals surface area contributed by atoms with Crippen molar-refractivity contribution in [2.24, 2.45) is 0 Å². The second kappa shape index (κ2) is 48.9. The lowest BCUT2D eigenvalue weighted by Crippen LogP contribution is -2.65. The van der Waals surface area contributed by atoms with E-state index < -0.39 is 291 Å². The number of rotatable bonds is 47. The van der Waals surface area contributed by atoms with Crippen LogP contribution in [0.4, 0.5) is 0 Å². The number of imide groups is 1. The van der Waals surface area contributed by atoms with Crippen LogP contribution in [0.5, 0.6) is 0 Å². The third-order valence-corrected chi connectivity index (χ3v) is 20.0. The van der Waals surface area contributed by atoms with Crippen LogP contribution in [0.15, 0.2) is 0 Å². The normalized spacial score (nSPS) is 36.3. The van der Waals surface area contributed by atoms with Crippen LogP contribution in [-0.4, -0.2) is 449 Å². The summed E-state index contributed by atoms with van der Waals surface area (Å²) in [6.45, 7) is -6.57. The van der Waals surface area contributed by atoms with Gasteiger partial charge in [-0.3, -0.25) is 38.5 Å². The highest BCUT2D eigenvalue weighted by atomic mass is 16.8. The molecule has 0 aromatic rings. The number of carbonyl (C=O) groups is 8. The van der Waals surface area contributed by atoms with Gasteiger partial charge in [0, 0.05) is 64.8 Å². The van der Waals surface area contributed by atoms with Crippen molar-refractivity contribution in [3.8, 4) is 0 Å².